The monoisotopic (exact) mass is 374 g/mol. The second-order valence-electron chi connectivity index (χ2n) is 5.66. The third-order valence-corrected chi connectivity index (χ3v) is 3.81. The number of anilines is 1. The van der Waals surface area contributed by atoms with Gasteiger partial charge in [0.15, 0.2) is 0 Å². The van der Waals surface area contributed by atoms with Crippen LogP contribution in [-0.2, 0) is 17.9 Å². The largest absolute Gasteiger partial charge is 0.322 e. The number of nitrogens with one attached hydrogen (secondary N) is 1. The molecule has 134 valence electrons. The molecule has 0 aliphatic rings. The molecule has 3 rings (SSSR count). The van der Waals surface area contributed by atoms with E-state index < -0.39 is 4.92 Å². The van der Waals surface area contributed by atoms with E-state index >= 15 is 0 Å². The topological polar surface area (TPSA) is 108 Å². The maximum absolute atomic E-state index is 12.1. The van der Waals surface area contributed by atoms with Gasteiger partial charge in [0.25, 0.3) is 0 Å². The van der Waals surface area contributed by atoms with Gasteiger partial charge >= 0.3 is 5.69 Å². The zero-order valence-electron chi connectivity index (χ0n) is 13.8. The second-order valence-corrected chi connectivity index (χ2v) is 6.10. The van der Waals surface area contributed by atoms with Crippen molar-refractivity contribution >= 4 is 28.9 Å². The van der Waals surface area contributed by atoms with Crippen LogP contribution in [0.15, 0.2) is 42.9 Å². The summed E-state index contributed by atoms with van der Waals surface area (Å²) in [5.74, 6) is -0.357. The molecular weight excluding hydrogens is 360 g/mol. The number of nitro groups is 1. The number of rotatable bonds is 6. The summed E-state index contributed by atoms with van der Waals surface area (Å²) in [6, 6.07) is 7.42. The first-order chi connectivity index (χ1) is 12.4. The number of carbonyl (C=O) groups excluding carboxylic acids is 1. The molecule has 0 radical (unpaired) electrons. The smallest absolute Gasteiger partial charge is 0.309 e. The minimum absolute atomic E-state index is 0.118. The molecule has 1 aromatic carbocycles. The number of hydrogen-bond donors (Lipinski definition) is 1. The Bertz CT molecular complexity index is 965. The second kappa shape index (κ2) is 7.36. The first kappa shape index (κ1) is 17.6. The number of aryl methyl sites for hydroxylation is 1. The SMILES string of the molecule is Cc1nn(CC(=O)Nc2cnn(Cc3cccc(Cl)c3)c2)cc1[N+](=O)[O-]. The third-order valence-electron chi connectivity index (χ3n) is 3.57. The van der Waals surface area contributed by atoms with Gasteiger partial charge in [-0.3, -0.25) is 24.3 Å². The fourth-order valence-electron chi connectivity index (χ4n) is 2.45. The van der Waals surface area contributed by atoms with Gasteiger partial charge in [0.1, 0.15) is 18.4 Å². The molecule has 0 aliphatic heterocycles. The number of benzene rings is 1. The molecule has 2 heterocycles. The lowest BCUT2D eigenvalue weighted by atomic mass is 10.2. The Morgan fingerprint density at radius 3 is 2.85 bits per heavy atom. The normalized spacial score (nSPS) is 10.7. The van der Waals surface area contributed by atoms with Gasteiger partial charge in [-0.25, -0.2) is 0 Å². The van der Waals surface area contributed by atoms with Crippen molar-refractivity contribution < 1.29 is 9.72 Å². The van der Waals surface area contributed by atoms with Crippen molar-refractivity contribution in [1.29, 1.82) is 0 Å². The molecule has 1 amide bonds. The van der Waals surface area contributed by atoms with E-state index in [9.17, 15) is 14.9 Å². The zero-order valence-corrected chi connectivity index (χ0v) is 14.6. The zero-order chi connectivity index (χ0) is 18.7. The number of carbonyl (C=O) groups is 1. The average Bonchev–Trinajstić information content (AvgIpc) is 3.13. The molecule has 2 aromatic heterocycles. The van der Waals surface area contributed by atoms with E-state index in [2.05, 4.69) is 15.5 Å². The highest BCUT2D eigenvalue weighted by atomic mass is 35.5. The summed E-state index contributed by atoms with van der Waals surface area (Å²) < 4.78 is 2.91. The van der Waals surface area contributed by atoms with E-state index in [1.165, 1.54) is 24.0 Å². The van der Waals surface area contributed by atoms with Crippen molar-refractivity contribution in [1.82, 2.24) is 19.6 Å². The summed E-state index contributed by atoms with van der Waals surface area (Å²) in [5, 5.41) is 22.3. The quantitative estimate of drug-likeness (QED) is 0.527. The van der Waals surface area contributed by atoms with E-state index in [0.29, 0.717) is 17.3 Å². The molecule has 0 unspecified atom stereocenters. The summed E-state index contributed by atoms with van der Waals surface area (Å²) in [7, 11) is 0. The Balaban J connectivity index is 1.61. The van der Waals surface area contributed by atoms with Crippen LogP contribution < -0.4 is 5.32 Å². The van der Waals surface area contributed by atoms with Crippen LogP contribution in [0.25, 0.3) is 0 Å². The average molecular weight is 375 g/mol. The number of hydrogen-bond acceptors (Lipinski definition) is 5. The van der Waals surface area contributed by atoms with Gasteiger partial charge in [-0.2, -0.15) is 10.2 Å². The maximum atomic E-state index is 12.1. The van der Waals surface area contributed by atoms with Gasteiger partial charge in [-0.05, 0) is 24.6 Å². The molecule has 0 spiro atoms. The molecule has 0 atom stereocenters. The molecule has 9 nitrogen and oxygen atoms in total. The Morgan fingerprint density at radius 1 is 1.35 bits per heavy atom. The van der Waals surface area contributed by atoms with E-state index in [1.807, 2.05) is 18.2 Å². The molecule has 0 aliphatic carbocycles. The van der Waals surface area contributed by atoms with Gasteiger partial charge in [0.05, 0.1) is 23.4 Å². The predicted molar refractivity (Wildman–Crippen MR) is 95.0 cm³/mol. The molecular formula is C16H15ClN6O3. The summed E-state index contributed by atoms with van der Waals surface area (Å²) in [5.41, 5.74) is 1.65. The van der Waals surface area contributed by atoms with Crippen LogP contribution in [0.4, 0.5) is 11.4 Å². The first-order valence-electron chi connectivity index (χ1n) is 7.66. The molecule has 26 heavy (non-hydrogen) atoms. The molecule has 0 fully saturated rings. The van der Waals surface area contributed by atoms with E-state index in [4.69, 9.17) is 11.6 Å². The number of nitrogens with zero attached hydrogens (tertiary/aromatic N) is 5. The Labute approximate surface area is 153 Å². The van der Waals surface area contributed by atoms with Crippen molar-refractivity contribution in [2.45, 2.75) is 20.0 Å². The van der Waals surface area contributed by atoms with Crippen LogP contribution in [0, 0.1) is 17.0 Å². The standard InChI is InChI=1S/C16H15ClN6O3/c1-11-15(23(25)26)9-22(20-11)10-16(24)19-14-6-18-21(8-14)7-12-3-2-4-13(17)5-12/h2-6,8-9H,7,10H2,1H3,(H,19,24). The molecule has 0 saturated carbocycles. The van der Waals surface area contributed by atoms with Crippen LogP contribution in [0.3, 0.4) is 0 Å². The van der Waals surface area contributed by atoms with Gasteiger partial charge < -0.3 is 5.32 Å². The lowest BCUT2D eigenvalue weighted by Gasteiger charge is -2.03. The fourth-order valence-corrected chi connectivity index (χ4v) is 2.67. The van der Waals surface area contributed by atoms with Crippen LogP contribution in [0.2, 0.25) is 5.02 Å². The van der Waals surface area contributed by atoms with Crippen LogP contribution >= 0.6 is 11.6 Å². The van der Waals surface area contributed by atoms with Crippen LogP contribution in [0.1, 0.15) is 11.3 Å². The summed E-state index contributed by atoms with van der Waals surface area (Å²) in [4.78, 5) is 22.4. The molecule has 10 heteroatoms. The van der Waals surface area contributed by atoms with Crippen molar-refractivity contribution in [3.05, 3.63) is 69.3 Å². The number of halogens is 1. The molecule has 1 N–H and O–H groups in total. The maximum Gasteiger partial charge on any atom is 0.309 e. The first-order valence-corrected chi connectivity index (χ1v) is 8.03. The van der Waals surface area contributed by atoms with Crippen LogP contribution in [-0.4, -0.2) is 30.4 Å². The highest BCUT2D eigenvalue weighted by Gasteiger charge is 2.16. The van der Waals surface area contributed by atoms with Crippen molar-refractivity contribution in [3.8, 4) is 0 Å². The lowest BCUT2D eigenvalue weighted by Crippen LogP contribution is -2.18. The molecule has 3 aromatic rings. The molecule has 0 saturated heterocycles. The van der Waals surface area contributed by atoms with Crippen molar-refractivity contribution in [3.63, 3.8) is 0 Å². The highest BCUT2D eigenvalue weighted by Crippen LogP contribution is 2.15. The summed E-state index contributed by atoms with van der Waals surface area (Å²) in [6.45, 7) is 1.90. The minimum Gasteiger partial charge on any atom is -0.322 e. The van der Waals surface area contributed by atoms with E-state index in [0.717, 1.165) is 5.56 Å². The van der Waals surface area contributed by atoms with Gasteiger partial charge in [-0.1, -0.05) is 23.7 Å². The van der Waals surface area contributed by atoms with Crippen molar-refractivity contribution in [2.75, 3.05) is 5.32 Å². The van der Waals surface area contributed by atoms with E-state index in [1.54, 1.807) is 16.9 Å². The number of aromatic nitrogens is 4. The summed E-state index contributed by atoms with van der Waals surface area (Å²) >= 11 is 5.96. The Morgan fingerprint density at radius 2 is 2.15 bits per heavy atom. The lowest BCUT2D eigenvalue weighted by molar-refractivity contribution is -0.385. The minimum atomic E-state index is -0.531. The third kappa shape index (κ3) is 4.25. The van der Waals surface area contributed by atoms with Gasteiger partial charge in [0.2, 0.25) is 5.91 Å². The van der Waals surface area contributed by atoms with Gasteiger partial charge in [0, 0.05) is 11.2 Å². The molecule has 0 bridgehead atoms. The van der Waals surface area contributed by atoms with Crippen LogP contribution in [0.5, 0.6) is 0 Å². The van der Waals surface area contributed by atoms with Gasteiger partial charge in [-0.15, -0.1) is 0 Å². The van der Waals surface area contributed by atoms with E-state index in [-0.39, 0.29) is 23.8 Å². The predicted octanol–water partition coefficient (Wildman–Crippen LogP) is 2.64. The number of amides is 1. The Hall–Kier alpha value is -3.20. The van der Waals surface area contributed by atoms with Crippen molar-refractivity contribution in [2.24, 2.45) is 0 Å². The Kier molecular flexibility index (Phi) is 4.99. The highest BCUT2D eigenvalue weighted by molar-refractivity contribution is 6.30. The fraction of sp³-hybridized carbons (Fsp3) is 0.188. The summed E-state index contributed by atoms with van der Waals surface area (Å²) in [6.07, 6.45) is 4.45.